The standard InChI is InChI=1S/C18H18F3N5/c1-12-8-17(24-11-23-12)25(2)13-6-7-26(10-13)16-5-3-4-15(14(16)9-22)18(19,20)21/h3-5,8,11,13H,6-7,10H2,1-2H3. The number of aromatic nitrogens is 2. The lowest BCUT2D eigenvalue weighted by Gasteiger charge is -2.27. The fourth-order valence-corrected chi connectivity index (χ4v) is 3.25. The van der Waals surface area contributed by atoms with Gasteiger partial charge in [0.15, 0.2) is 0 Å². The second-order valence-corrected chi connectivity index (χ2v) is 6.33. The highest BCUT2D eigenvalue weighted by Crippen LogP contribution is 2.37. The molecule has 0 radical (unpaired) electrons. The zero-order valence-electron chi connectivity index (χ0n) is 14.5. The first kappa shape index (κ1) is 18.0. The molecule has 1 atom stereocenters. The van der Waals surface area contributed by atoms with Crippen LogP contribution in [0.15, 0.2) is 30.6 Å². The molecule has 8 heteroatoms. The summed E-state index contributed by atoms with van der Waals surface area (Å²) in [7, 11) is 1.91. The molecule has 5 nitrogen and oxygen atoms in total. The van der Waals surface area contributed by atoms with Crippen LogP contribution in [0.3, 0.4) is 0 Å². The first-order valence-corrected chi connectivity index (χ1v) is 8.18. The highest BCUT2D eigenvalue weighted by molar-refractivity contribution is 5.64. The minimum Gasteiger partial charge on any atom is -0.368 e. The van der Waals surface area contributed by atoms with Crippen LogP contribution in [0.25, 0.3) is 0 Å². The first-order chi connectivity index (χ1) is 12.3. The van der Waals surface area contributed by atoms with Crippen LogP contribution in [0.5, 0.6) is 0 Å². The van der Waals surface area contributed by atoms with Gasteiger partial charge >= 0.3 is 6.18 Å². The molecule has 1 unspecified atom stereocenters. The summed E-state index contributed by atoms with van der Waals surface area (Å²) in [4.78, 5) is 12.2. The molecule has 0 bridgehead atoms. The molecule has 1 aliphatic rings. The normalized spacial score (nSPS) is 17.2. The number of alkyl halides is 3. The topological polar surface area (TPSA) is 56.0 Å². The van der Waals surface area contributed by atoms with E-state index in [1.165, 1.54) is 12.4 Å². The Morgan fingerprint density at radius 1 is 1.31 bits per heavy atom. The van der Waals surface area contributed by atoms with E-state index in [0.29, 0.717) is 18.8 Å². The predicted octanol–water partition coefficient (Wildman–Crippen LogP) is 3.39. The first-order valence-electron chi connectivity index (χ1n) is 8.18. The van der Waals surface area contributed by atoms with Crippen LogP contribution in [0.2, 0.25) is 0 Å². The number of halogens is 3. The fourth-order valence-electron chi connectivity index (χ4n) is 3.25. The average molecular weight is 361 g/mol. The van der Waals surface area contributed by atoms with E-state index in [1.54, 1.807) is 12.1 Å². The molecule has 136 valence electrons. The van der Waals surface area contributed by atoms with E-state index in [-0.39, 0.29) is 11.6 Å². The third-order valence-electron chi connectivity index (χ3n) is 4.66. The Hall–Kier alpha value is -2.82. The molecule has 0 aliphatic carbocycles. The summed E-state index contributed by atoms with van der Waals surface area (Å²) in [5, 5.41) is 9.30. The van der Waals surface area contributed by atoms with Crippen LogP contribution >= 0.6 is 0 Å². The van der Waals surface area contributed by atoms with Crippen molar-refractivity contribution in [2.75, 3.05) is 29.9 Å². The van der Waals surface area contributed by atoms with E-state index in [0.717, 1.165) is 24.0 Å². The van der Waals surface area contributed by atoms with E-state index in [2.05, 4.69) is 9.97 Å². The predicted molar refractivity (Wildman–Crippen MR) is 91.9 cm³/mol. The van der Waals surface area contributed by atoms with Gasteiger partial charge in [-0.05, 0) is 25.5 Å². The van der Waals surface area contributed by atoms with Crippen molar-refractivity contribution in [3.63, 3.8) is 0 Å². The highest BCUT2D eigenvalue weighted by Gasteiger charge is 2.36. The number of hydrogen-bond donors (Lipinski definition) is 0. The van der Waals surface area contributed by atoms with Crippen LogP contribution in [0.4, 0.5) is 24.7 Å². The molecule has 2 aromatic rings. The number of rotatable bonds is 3. The Morgan fingerprint density at radius 2 is 2.08 bits per heavy atom. The summed E-state index contributed by atoms with van der Waals surface area (Å²) in [6.45, 7) is 2.98. The SMILES string of the molecule is Cc1cc(N(C)C2CCN(c3cccc(C(F)(F)F)c3C#N)C2)ncn1. The molecule has 0 amide bonds. The zero-order valence-corrected chi connectivity index (χ0v) is 14.5. The molecule has 26 heavy (non-hydrogen) atoms. The second-order valence-electron chi connectivity index (χ2n) is 6.33. The molecular weight excluding hydrogens is 343 g/mol. The number of hydrogen-bond acceptors (Lipinski definition) is 5. The number of nitriles is 1. The van der Waals surface area contributed by atoms with E-state index in [9.17, 15) is 18.4 Å². The molecule has 0 N–H and O–H groups in total. The third kappa shape index (κ3) is 3.43. The Bertz CT molecular complexity index is 843. The Balaban J connectivity index is 1.84. The van der Waals surface area contributed by atoms with Crippen LogP contribution in [-0.4, -0.2) is 36.1 Å². The minimum atomic E-state index is -4.55. The molecule has 0 saturated carbocycles. The van der Waals surface area contributed by atoms with Crippen LogP contribution in [-0.2, 0) is 6.18 Å². The Labute approximate surface area is 149 Å². The molecule has 1 aromatic carbocycles. The van der Waals surface area contributed by atoms with Gasteiger partial charge in [-0.2, -0.15) is 18.4 Å². The second kappa shape index (κ2) is 6.83. The van der Waals surface area contributed by atoms with Gasteiger partial charge in [-0.25, -0.2) is 9.97 Å². The molecule has 1 fully saturated rings. The molecule has 0 spiro atoms. The third-order valence-corrected chi connectivity index (χ3v) is 4.66. The maximum Gasteiger partial charge on any atom is 0.417 e. The van der Waals surface area contributed by atoms with Crippen molar-refractivity contribution >= 4 is 11.5 Å². The number of aryl methyl sites for hydroxylation is 1. The lowest BCUT2D eigenvalue weighted by Crippen LogP contribution is -2.35. The molecule has 1 aliphatic heterocycles. The quantitative estimate of drug-likeness (QED) is 0.839. The van der Waals surface area contributed by atoms with Crippen LogP contribution in [0.1, 0.15) is 23.2 Å². The van der Waals surface area contributed by atoms with Gasteiger partial charge in [0.25, 0.3) is 0 Å². The van der Waals surface area contributed by atoms with Gasteiger partial charge in [-0.15, -0.1) is 0 Å². The van der Waals surface area contributed by atoms with Gasteiger partial charge < -0.3 is 9.80 Å². The number of anilines is 2. The summed E-state index contributed by atoms with van der Waals surface area (Å²) < 4.78 is 39.5. The summed E-state index contributed by atoms with van der Waals surface area (Å²) in [6.07, 6.45) is -2.29. The van der Waals surface area contributed by atoms with Crippen molar-refractivity contribution in [2.45, 2.75) is 25.6 Å². The molecule has 2 heterocycles. The van der Waals surface area contributed by atoms with Crippen LogP contribution in [0, 0.1) is 18.3 Å². The summed E-state index contributed by atoms with van der Waals surface area (Å²) in [6, 6.07) is 7.57. The molecular formula is C18H18F3N5. The van der Waals surface area contributed by atoms with Gasteiger partial charge in [-0.1, -0.05) is 6.07 Å². The summed E-state index contributed by atoms with van der Waals surface area (Å²) in [5.74, 6) is 0.772. The van der Waals surface area contributed by atoms with Crippen molar-refractivity contribution in [1.82, 2.24) is 9.97 Å². The maximum atomic E-state index is 13.2. The number of nitrogens with zero attached hydrogens (tertiary/aromatic N) is 5. The lowest BCUT2D eigenvalue weighted by molar-refractivity contribution is -0.137. The van der Waals surface area contributed by atoms with Gasteiger partial charge in [0, 0.05) is 37.9 Å². The smallest absolute Gasteiger partial charge is 0.368 e. The van der Waals surface area contributed by atoms with Crippen molar-refractivity contribution in [3.05, 3.63) is 47.4 Å². The molecule has 3 rings (SSSR count). The zero-order chi connectivity index (χ0) is 18.9. The number of likely N-dealkylation sites (N-methyl/N-ethyl adjacent to an activating group) is 1. The van der Waals surface area contributed by atoms with Gasteiger partial charge in [0.05, 0.1) is 16.8 Å². The van der Waals surface area contributed by atoms with Gasteiger partial charge in [-0.3, -0.25) is 0 Å². The number of benzene rings is 1. The van der Waals surface area contributed by atoms with Crippen molar-refractivity contribution in [2.24, 2.45) is 0 Å². The van der Waals surface area contributed by atoms with E-state index >= 15 is 0 Å². The molecule has 1 aromatic heterocycles. The lowest BCUT2D eigenvalue weighted by atomic mass is 10.1. The Morgan fingerprint density at radius 3 is 2.73 bits per heavy atom. The van der Waals surface area contributed by atoms with Crippen LogP contribution < -0.4 is 9.80 Å². The van der Waals surface area contributed by atoms with Crippen molar-refractivity contribution in [1.29, 1.82) is 5.26 Å². The average Bonchev–Trinajstić information content (AvgIpc) is 3.09. The minimum absolute atomic E-state index is 0.0883. The van der Waals surface area contributed by atoms with Gasteiger partial charge in [0.1, 0.15) is 18.2 Å². The van der Waals surface area contributed by atoms with E-state index in [4.69, 9.17) is 0 Å². The highest BCUT2D eigenvalue weighted by atomic mass is 19.4. The summed E-state index contributed by atoms with van der Waals surface area (Å²) >= 11 is 0. The Kier molecular flexibility index (Phi) is 4.72. The van der Waals surface area contributed by atoms with E-state index in [1.807, 2.05) is 29.8 Å². The fraction of sp³-hybridized carbons (Fsp3) is 0.389. The largest absolute Gasteiger partial charge is 0.417 e. The maximum absolute atomic E-state index is 13.2. The van der Waals surface area contributed by atoms with Gasteiger partial charge in [0.2, 0.25) is 0 Å². The summed E-state index contributed by atoms with van der Waals surface area (Å²) in [5.41, 5.74) is -0.0274. The monoisotopic (exact) mass is 361 g/mol. The van der Waals surface area contributed by atoms with Crippen molar-refractivity contribution in [3.8, 4) is 6.07 Å². The van der Waals surface area contributed by atoms with Crippen molar-refractivity contribution < 1.29 is 13.2 Å². The van der Waals surface area contributed by atoms with E-state index < -0.39 is 11.7 Å². The molecule has 1 saturated heterocycles.